The van der Waals surface area contributed by atoms with Gasteiger partial charge in [-0.05, 0) is 26.8 Å². The van der Waals surface area contributed by atoms with E-state index in [1.807, 2.05) is 27.0 Å². The summed E-state index contributed by atoms with van der Waals surface area (Å²) in [6.07, 6.45) is 1.84. The van der Waals surface area contributed by atoms with Crippen molar-refractivity contribution >= 4 is 5.82 Å². The van der Waals surface area contributed by atoms with Crippen LogP contribution in [-0.2, 0) is 16.0 Å². The van der Waals surface area contributed by atoms with Crippen molar-refractivity contribution < 1.29 is 9.47 Å². The molecular weight excluding hydrogens is 206 g/mol. The number of nitrogens with zero attached hydrogens (tertiary/aromatic N) is 2. The molecule has 0 radical (unpaired) electrons. The van der Waals surface area contributed by atoms with E-state index in [0.717, 1.165) is 0 Å². The highest BCUT2D eigenvalue weighted by atomic mass is 16.5. The minimum absolute atomic E-state index is 0.0974. The van der Waals surface area contributed by atoms with Crippen LogP contribution >= 0.6 is 0 Å². The van der Waals surface area contributed by atoms with E-state index in [2.05, 4.69) is 5.10 Å². The van der Waals surface area contributed by atoms with Crippen molar-refractivity contribution in [1.29, 1.82) is 0 Å². The molecule has 1 heterocycles. The molecule has 16 heavy (non-hydrogen) atoms. The third-order valence-electron chi connectivity index (χ3n) is 1.89. The topological polar surface area (TPSA) is 62.3 Å². The van der Waals surface area contributed by atoms with E-state index >= 15 is 0 Å². The molecule has 0 aromatic carbocycles. The van der Waals surface area contributed by atoms with Crippen molar-refractivity contribution in [3.63, 3.8) is 0 Å². The second-order valence-electron chi connectivity index (χ2n) is 4.58. The predicted molar refractivity (Wildman–Crippen MR) is 63.2 cm³/mol. The Kier molecular flexibility index (Phi) is 4.76. The number of hydrogen-bond donors (Lipinski definition) is 1. The lowest BCUT2D eigenvalue weighted by molar-refractivity contribution is -0.0358. The van der Waals surface area contributed by atoms with Crippen molar-refractivity contribution in [2.24, 2.45) is 0 Å². The Hall–Kier alpha value is -1.07. The van der Waals surface area contributed by atoms with Gasteiger partial charge in [0, 0.05) is 6.20 Å². The van der Waals surface area contributed by atoms with Crippen LogP contribution in [0.15, 0.2) is 12.3 Å². The van der Waals surface area contributed by atoms with E-state index in [9.17, 15) is 0 Å². The molecule has 0 spiro atoms. The van der Waals surface area contributed by atoms with E-state index in [-0.39, 0.29) is 5.60 Å². The van der Waals surface area contributed by atoms with Crippen LogP contribution in [0.4, 0.5) is 5.82 Å². The van der Waals surface area contributed by atoms with Crippen LogP contribution in [0.25, 0.3) is 0 Å². The number of nitrogens with two attached hydrogens (primary N) is 1. The number of ether oxygens (including phenoxy) is 2. The van der Waals surface area contributed by atoms with Crippen molar-refractivity contribution in [3.05, 3.63) is 12.3 Å². The highest BCUT2D eigenvalue weighted by Crippen LogP contribution is 2.05. The lowest BCUT2D eigenvalue weighted by Crippen LogP contribution is -2.22. The summed E-state index contributed by atoms with van der Waals surface area (Å²) in [6.45, 7) is 8.64. The molecule has 0 atom stereocenters. The molecule has 0 amide bonds. The van der Waals surface area contributed by atoms with E-state index < -0.39 is 0 Å². The molecule has 0 unspecified atom stereocenters. The normalized spacial score (nSPS) is 11.9. The van der Waals surface area contributed by atoms with Crippen LogP contribution in [0.3, 0.4) is 0 Å². The second kappa shape index (κ2) is 5.86. The maximum absolute atomic E-state index is 5.52. The third kappa shape index (κ3) is 5.72. The van der Waals surface area contributed by atoms with Gasteiger partial charge in [0.25, 0.3) is 0 Å². The van der Waals surface area contributed by atoms with Crippen LogP contribution < -0.4 is 5.73 Å². The van der Waals surface area contributed by atoms with Crippen LogP contribution in [0.1, 0.15) is 20.8 Å². The summed E-state index contributed by atoms with van der Waals surface area (Å²) < 4.78 is 12.7. The molecule has 0 aliphatic heterocycles. The number of nitrogen functional groups attached to an aromatic ring is 1. The Balaban J connectivity index is 2.00. The molecule has 0 aliphatic carbocycles. The average Bonchev–Trinajstić information content (AvgIpc) is 2.56. The predicted octanol–water partition coefficient (Wildman–Crippen LogP) is 1.30. The van der Waals surface area contributed by atoms with E-state index in [0.29, 0.717) is 32.2 Å². The standard InChI is InChI=1S/C11H21N3O2/c1-11(2,3)16-9-8-15-7-6-14-5-4-10(12)13-14/h4-5H,6-9H2,1-3H3,(H2,12,13). The molecule has 92 valence electrons. The molecule has 2 N–H and O–H groups in total. The third-order valence-corrected chi connectivity index (χ3v) is 1.89. The van der Waals surface area contributed by atoms with Crippen molar-refractivity contribution in [3.8, 4) is 0 Å². The zero-order chi connectivity index (χ0) is 12.0. The van der Waals surface area contributed by atoms with Gasteiger partial charge in [-0.15, -0.1) is 0 Å². The number of anilines is 1. The molecule has 0 bridgehead atoms. The average molecular weight is 227 g/mol. The van der Waals surface area contributed by atoms with Gasteiger partial charge in [-0.25, -0.2) is 0 Å². The van der Waals surface area contributed by atoms with Gasteiger partial charge in [-0.3, -0.25) is 4.68 Å². The van der Waals surface area contributed by atoms with Gasteiger partial charge in [0.15, 0.2) is 0 Å². The first-order valence-corrected chi connectivity index (χ1v) is 5.48. The van der Waals surface area contributed by atoms with Crippen LogP contribution in [0, 0.1) is 0 Å². The molecule has 0 aliphatic rings. The second-order valence-corrected chi connectivity index (χ2v) is 4.58. The number of hydrogen-bond acceptors (Lipinski definition) is 4. The van der Waals surface area contributed by atoms with Crippen LogP contribution in [-0.4, -0.2) is 35.2 Å². The molecule has 5 nitrogen and oxygen atoms in total. The Labute approximate surface area is 96.5 Å². The first-order valence-electron chi connectivity index (χ1n) is 5.48. The summed E-state index contributed by atoms with van der Waals surface area (Å²) in [7, 11) is 0. The molecule has 1 rings (SSSR count). The highest BCUT2D eigenvalue weighted by Gasteiger charge is 2.08. The summed E-state index contributed by atoms with van der Waals surface area (Å²) >= 11 is 0. The van der Waals surface area contributed by atoms with E-state index in [1.165, 1.54) is 0 Å². The Morgan fingerprint density at radius 2 is 2.06 bits per heavy atom. The molecule has 5 heteroatoms. The molecule has 1 aromatic rings. The van der Waals surface area contributed by atoms with Gasteiger partial charge in [0.2, 0.25) is 0 Å². The maximum Gasteiger partial charge on any atom is 0.145 e. The Morgan fingerprint density at radius 1 is 1.31 bits per heavy atom. The zero-order valence-corrected chi connectivity index (χ0v) is 10.3. The first-order chi connectivity index (χ1) is 7.47. The monoisotopic (exact) mass is 227 g/mol. The Morgan fingerprint density at radius 3 is 2.62 bits per heavy atom. The molecule has 0 saturated carbocycles. The maximum atomic E-state index is 5.52. The minimum Gasteiger partial charge on any atom is -0.382 e. The van der Waals surface area contributed by atoms with Crippen molar-refractivity contribution in [2.75, 3.05) is 25.6 Å². The van der Waals surface area contributed by atoms with Crippen LogP contribution in [0.5, 0.6) is 0 Å². The van der Waals surface area contributed by atoms with Gasteiger partial charge in [0.05, 0.1) is 32.0 Å². The minimum atomic E-state index is -0.0974. The molecule has 1 aromatic heterocycles. The zero-order valence-electron chi connectivity index (χ0n) is 10.3. The van der Waals surface area contributed by atoms with Gasteiger partial charge in [-0.1, -0.05) is 0 Å². The SMILES string of the molecule is CC(C)(C)OCCOCCn1ccc(N)n1. The van der Waals surface area contributed by atoms with Crippen molar-refractivity contribution in [1.82, 2.24) is 9.78 Å². The van der Waals surface area contributed by atoms with Gasteiger partial charge < -0.3 is 15.2 Å². The summed E-state index contributed by atoms with van der Waals surface area (Å²) in [6, 6.07) is 1.77. The summed E-state index contributed by atoms with van der Waals surface area (Å²) in [5.74, 6) is 0.538. The fourth-order valence-electron chi connectivity index (χ4n) is 1.17. The quantitative estimate of drug-likeness (QED) is 0.744. The summed E-state index contributed by atoms with van der Waals surface area (Å²) in [4.78, 5) is 0. The highest BCUT2D eigenvalue weighted by molar-refractivity contribution is 5.23. The number of rotatable bonds is 6. The number of aromatic nitrogens is 2. The van der Waals surface area contributed by atoms with E-state index in [4.69, 9.17) is 15.2 Å². The Bertz CT molecular complexity index is 304. The molecular formula is C11H21N3O2. The fraction of sp³-hybridized carbons (Fsp3) is 0.727. The lowest BCUT2D eigenvalue weighted by atomic mass is 10.2. The van der Waals surface area contributed by atoms with Crippen LogP contribution in [0.2, 0.25) is 0 Å². The lowest BCUT2D eigenvalue weighted by Gasteiger charge is -2.19. The molecule has 0 saturated heterocycles. The smallest absolute Gasteiger partial charge is 0.145 e. The van der Waals surface area contributed by atoms with Gasteiger partial charge >= 0.3 is 0 Å². The fourth-order valence-corrected chi connectivity index (χ4v) is 1.17. The largest absolute Gasteiger partial charge is 0.382 e. The summed E-state index contributed by atoms with van der Waals surface area (Å²) in [5, 5.41) is 4.05. The van der Waals surface area contributed by atoms with E-state index in [1.54, 1.807) is 10.7 Å². The van der Waals surface area contributed by atoms with Gasteiger partial charge in [0.1, 0.15) is 5.82 Å². The molecule has 0 fully saturated rings. The van der Waals surface area contributed by atoms with Crippen molar-refractivity contribution in [2.45, 2.75) is 32.9 Å². The first kappa shape index (κ1) is 13.0. The van der Waals surface area contributed by atoms with Gasteiger partial charge in [-0.2, -0.15) is 5.10 Å². The summed E-state index contributed by atoms with van der Waals surface area (Å²) in [5.41, 5.74) is 5.39.